The fourth-order valence-electron chi connectivity index (χ4n) is 3.23. The molecule has 0 unspecified atom stereocenters. The molecule has 1 aliphatic carbocycles. The van der Waals surface area contributed by atoms with E-state index in [1.165, 1.54) is 34.4 Å². The zero-order chi connectivity index (χ0) is 14.9. The number of carbonyl (C=O) groups is 1. The Kier molecular flexibility index (Phi) is 3.47. The van der Waals surface area contributed by atoms with Crippen molar-refractivity contribution in [1.82, 2.24) is 10.3 Å². The second-order valence-electron chi connectivity index (χ2n) is 5.81. The van der Waals surface area contributed by atoms with Gasteiger partial charge in [0.25, 0.3) is 5.91 Å². The van der Waals surface area contributed by atoms with Crippen LogP contribution in [-0.2, 0) is 19.4 Å². The predicted octanol–water partition coefficient (Wildman–Crippen LogP) is 4.04. The molecule has 0 saturated carbocycles. The fourth-order valence-corrected chi connectivity index (χ4v) is 3.87. The summed E-state index contributed by atoms with van der Waals surface area (Å²) in [4.78, 5) is 17.0. The van der Waals surface area contributed by atoms with Gasteiger partial charge in [-0.3, -0.25) is 4.79 Å². The molecule has 0 aliphatic heterocycles. The average molecular weight is 310 g/mol. The van der Waals surface area contributed by atoms with Crippen molar-refractivity contribution in [3.05, 3.63) is 57.4 Å². The minimum absolute atomic E-state index is 0.000981. The Morgan fingerprint density at radius 2 is 2.14 bits per heavy atom. The Morgan fingerprint density at radius 1 is 1.23 bits per heavy atom. The van der Waals surface area contributed by atoms with E-state index in [9.17, 15) is 4.79 Å². The van der Waals surface area contributed by atoms with E-state index >= 15 is 0 Å². The van der Waals surface area contributed by atoms with Crippen LogP contribution in [0.3, 0.4) is 0 Å². The van der Waals surface area contributed by atoms with Gasteiger partial charge in [0.05, 0.1) is 6.54 Å². The molecular weight excluding hydrogens is 292 g/mol. The van der Waals surface area contributed by atoms with E-state index in [0.717, 1.165) is 23.9 Å². The van der Waals surface area contributed by atoms with Crippen LogP contribution in [0.25, 0.3) is 10.9 Å². The van der Waals surface area contributed by atoms with Crippen molar-refractivity contribution in [2.75, 3.05) is 0 Å². The number of hydrogen-bond donors (Lipinski definition) is 2. The Morgan fingerprint density at radius 3 is 3.00 bits per heavy atom. The van der Waals surface area contributed by atoms with Gasteiger partial charge in [-0.2, -0.15) is 0 Å². The SMILES string of the molecule is O=C(NCc1cccs1)c1ccc2[nH]c3c(c2c1)CCCC3. The highest BCUT2D eigenvalue weighted by Gasteiger charge is 2.16. The van der Waals surface area contributed by atoms with Crippen LogP contribution in [0.4, 0.5) is 0 Å². The van der Waals surface area contributed by atoms with E-state index in [4.69, 9.17) is 0 Å². The van der Waals surface area contributed by atoms with E-state index in [1.807, 2.05) is 35.7 Å². The van der Waals surface area contributed by atoms with Gasteiger partial charge in [-0.1, -0.05) is 6.07 Å². The summed E-state index contributed by atoms with van der Waals surface area (Å²) in [6.45, 7) is 0.597. The number of fused-ring (bicyclic) bond motifs is 3. The largest absolute Gasteiger partial charge is 0.358 e. The average Bonchev–Trinajstić information content (AvgIpc) is 3.19. The smallest absolute Gasteiger partial charge is 0.251 e. The highest BCUT2D eigenvalue weighted by atomic mass is 32.1. The lowest BCUT2D eigenvalue weighted by Crippen LogP contribution is -2.22. The molecular formula is C18H18N2OS. The van der Waals surface area contributed by atoms with Crippen LogP contribution in [0.15, 0.2) is 35.7 Å². The Hall–Kier alpha value is -2.07. The Labute approximate surface area is 133 Å². The van der Waals surface area contributed by atoms with Gasteiger partial charge in [-0.25, -0.2) is 0 Å². The van der Waals surface area contributed by atoms with Crippen LogP contribution in [0.2, 0.25) is 0 Å². The number of H-pyrrole nitrogens is 1. The van der Waals surface area contributed by atoms with E-state index in [2.05, 4.69) is 10.3 Å². The van der Waals surface area contributed by atoms with E-state index in [0.29, 0.717) is 6.54 Å². The van der Waals surface area contributed by atoms with Gasteiger partial charge in [-0.05, 0) is 60.9 Å². The third-order valence-electron chi connectivity index (χ3n) is 4.36. The number of thiophene rings is 1. The van der Waals surface area contributed by atoms with E-state index in [1.54, 1.807) is 11.3 Å². The maximum atomic E-state index is 12.4. The van der Waals surface area contributed by atoms with Gasteiger partial charge in [-0.15, -0.1) is 11.3 Å². The summed E-state index contributed by atoms with van der Waals surface area (Å²) in [5, 5.41) is 6.25. The maximum absolute atomic E-state index is 12.4. The minimum Gasteiger partial charge on any atom is -0.358 e. The normalized spacial score (nSPS) is 14.0. The predicted molar refractivity (Wildman–Crippen MR) is 90.4 cm³/mol. The summed E-state index contributed by atoms with van der Waals surface area (Å²) in [7, 11) is 0. The topological polar surface area (TPSA) is 44.9 Å². The molecule has 3 aromatic rings. The first-order chi connectivity index (χ1) is 10.8. The Balaban J connectivity index is 1.60. The van der Waals surface area contributed by atoms with Crippen molar-refractivity contribution in [3.8, 4) is 0 Å². The number of nitrogens with one attached hydrogen (secondary N) is 2. The van der Waals surface area contributed by atoms with E-state index in [-0.39, 0.29) is 5.91 Å². The number of aryl methyl sites for hydroxylation is 2. The van der Waals surface area contributed by atoms with Crippen molar-refractivity contribution in [2.24, 2.45) is 0 Å². The summed E-state index contributed by atoms with van der Waals surface area (Å²) in [6.07, 6.45) is 4.75. The van der Waals surface area contributed by atoms with Crippen molar-refractivity contribution in [2.45, 2.75) is 32.2 Å². The second-order valence-corrected chi connectivity index (χ2v) is 6.84. The zero-order valence-corrected chi connectivity index (χ0v) is 13.1. The van der Waals surface area contributed by atoms with Crippen LogP contribution < -0.4 is 5.32 Å². The van der Waals surface area contributed by atoms with Crippen LogP contribution in [0.5, 0.6) is 0 Å². The number of amides is 1. The first kappa shape index (κ1) is 13.6. The number of hydrogen-bond acceptors (Lipinski definition) is 2. The van der Waals surface area contributed by atoms with Crippen LogP contribution >= 0.6 is 11.3 Å². The van der Waals surface area contributed by atoms with Crippen molar-refractivity contribution in [1.29, 1.82) is 0 Å². The molecule has 4 heteroatoms. The van der Waals surface area contributed by atoms with Crippen LogP contribution in [0.1, 0.15) is 39.3 Å². The fraction of sp³-hybridized carbons (Fsp3) is 0.278. The van der Waals surface area contributed by atoms with Gasteiger partial charge in [0.1, 0.15) is 0 Å². The molecule has 0 fully saturated rings. The highest BCUT2D eigenvalue weighted by molar-refractivity contribution is 7.09. The highest BCUT2D eigenvalue weighted by Crippen LogP contribution is 2.29. The van der Waals surface area contributed by atoms with Gasteiger partial charge in [0.2, 0.25) is 0 Å². The van der Waals surface area contributed by atoms with Crippen molar-refractivity contribution < 1.29 is 4.79 Å². The third-order valence-corrected chi connectivity index (χ3v) is 5.24. The number of benzene rings is 1. The summed E-state index contributed by atoms with van der Waals surface area (Å²) in [5.74, 6) is 0.000981. The van der Waals surface area contributed by atoms with Crippen molar-refractivity contribution >= 4 is 28.1 Å². The Bertz CT molecular complexity index is 817. The molecule has 0 atom stereocenters. The minimum atomic E-state index is 0.000981. The monoisotopic (exact) mass is 310 g/mol. The number of carbonyl (C=O) groups excluding carboxylic acids is 1. The molecule has 2 aromatic heterocycles. The van der Waals surface area contributed by atoms with Crippen LogP contribution in [-0.4, -0.2) is 10.9 Å². The summed E-state index contributed by atoms with van der Waals surface area (Å²) < 4.78 is 0. The van der Waals surface area contributed by atoms with Gasteiger partial charge >= 0.3 is 0 Å². The molecule has 3 nitrogen and oxygen atoms in total. The molecule has 2 heterocycles. The summed E-state index contributed by atoms with van der Waals surface area (Å²) in [5.41, 5.74) is 4.67. The molecule has 1 aromatic carbocycles. The second kappa shape index (κ2) is 5.61. The number of rotatable bonds is 3. The molecule has 2 N–H and O–H groups in total. The zero-order valence-electron chi connectivity index (χ0n) is 12.3. The molecule has 22 heavy (non-hydrogen) atoms. The lowest BCUT2D eigenvalue weighted by molar-refractivity contribution is 0.0951. The molecule has 0 bridgehead atoms. The molecule has 112 valence electrons. The summed E-state index contributed by atoms with van der Waals surface area (Å²) in [6, 6.07) is 10.0. The lowest BCUT2D eigenvalue weighted by atomic mass is 9.95. The molecule has 0 saturated heterocycles. The summed E-state index contributed by atoms with van der Waals surface area (Å²) >= 11 is 1.66. The third kappa shape index (κ3) is 2.44. The van der Waals surface area contributed by atoms with E-state index < -0.39 is 0 Å². The van der Waals surface area contributed by atoms with Gasteiger partial charge in [0, 0.05) is 27.0 Å². The molecule has 1 aliphatic rings. The molecule has 0 spiro atoms. The maximum Gasteiger partial charge on any atom is 0.251 e. The first-order valence-corrected chi connectivity index (χ1v) is 8.63. The molecule has 1 amide bonds. The number of aromatic amines is 1. The first-order valence-electron chi connectivity index (χ1n) is 7.75. The molecule has 4 rings (SSSR count). The quantitative estimate of drug-likeness (QED) is 0.753. The lowest BCUT2D eigenvalue weighted by Gasteiger charge is -2.10. The molecule has 0 radical (unpaired) electrons. The van der Waals surface area contributed by atoms with Crippen LogP contribution in [0, 0.1) is 0 Å². The van der Waals surface area contributed by atoms with Gasteiger partial charge < -0.3 is 10.3 Å². The standard InChI is InChI=1S/C18H18N2OS/c21-18(19-11-13-4-3-9-22-13)12-7-8-17-15(10-12)14-5-1-2-6-16(14)20-17/h3-4,7-10,20H,1-2,5-6,11H2,(H,19,21). The van der Waals surface area contributed by atoms with Crippen molar-refractivity contribution in [3.63, 3.8) is 0 Å². The number of aromatic nitrogens is 1. The van der Waals surface area contributed by atoms with Gasteiger partial charge in [0.15, 0.2) is 0 Å².